The Morgan fingerprint density at radius 2 is 2.12 bits per heavy atom. The molecule has 7 heteroatoms. The molecule has 4 rings (SSSR count). The monoisotopic (exact) mass is 363 g/mol. The second-order valence-electron chi connectivity index (χ2n) is 7.48. The highest BCUT2D eigenvalue weighted by Gasteiger charge is 2.47. The molecule has 2 aromatic rings. The minimum absolute atomic E-state index is 0.0208. The Labute approximate surface area is 147 Å². The number of sulfonamides is 1. The van der Waals surface area contributed by atoms with Gasteiger partial charge in [0, 0.05) is 18.9 Å². The van der Waals surface area contributed by atoms with Crippen LogP contribution in [0.15, 0.2) is 36.9 Å². The Kier molecular flexibility index (Phi) is 4.16. The van der Waals surface area contributed by atoms with E-state index in [0.717, 1.165) is 38.0 Å². The summed E-state index contributed by atoms with van der Waals surface area (Å²) in [6, 6.07) is 4.75. The molecular weight excluding hydrogens is 341 g/mol. The van der Waals surface area contributed by atoms with Crippen molar-refractivity contribution in [3.8, 4) is 5.69 Å². The van der Waals surface area contributed by atoms with Crippen LogP contribution in [0.25, 0.3) is 5.69 Å². The van der Waals surface area contributed by atoms with Gasteiger partial charge >= 0.3 is 0 Å². The van der Waals surface area contributed by atoms with E-state index in [9.17, 15) is 12.8 Å². The van der Waals surface area contributed by atoms with Crippen molar-refractivity contribution in [3.05, 3.63) is 48.3 Å². The normalized spacial score (nSPS) is 25.6. The zero-order chi connectivity index (χ0) is 17.5. The lowest BCUT2D eigenvalue weighted by molar-refractivity contribution is 0.332. The van der Waals surface area contributed by atoms with Gasteiger partial charge in [-0.1, -0.05) is 6.07 Å². The minimum Gasteiger partial charge on any atom is -0.303 e. The molecular formula is C18H22FN3O2S. The van der Waals surface area contributed by atoms with Crippen LogP contribution in [0.3, 0.4) is 0 Å². The van der Waals surface area contributed by atoms with E-state index in [2.05, 4.69) is 9.71 Å². The molecule has 5 nitrogen and oxygen atoms in total. The van der Waals surface area contributed by atoms with Crippen molar-refractivity contribution in [3.63, 3.8) is 0 Å². The van der Waals surface area contributed by atoms with Crippen molar-refractivity contribution in [1.82, 2.24) is 14.3 Å². The molecule has 1 aromatic heterocycles. The van der Waals surface area contributed by atoms with E-state index in [0.29, 0.717) is 11.3 Å². The standard InChI is InChI=1S/C18H22FN3O2S/c19-16-9-15(1-2-17(16)22-8-7-20-13-22)11-21-25(23,24)12-18-5-3-14(10-18)4-6-18/h1-2,7-9,13-14,21H,3-6,10-12H2. The molecule has 1 N–H and O–H groups in total. The van der Waals surface area contributed by atoms with Gasteiger partial charge in [-0.05, 0) is 61.1 Å². The van der Waals surface area contributed by atoms with Crippen molar-refractivity contribution in [2.24, 2.45) is 11.3 Å². The number of nitrogens with one attached hydrogen (secondary N) is 1. The summed E-state index contributed by atoms with van der Waals surface area (Å²) < 4.78 is 43.4. The van der Waals surface area contributed by atoms with Gasteiger partial charge < -0.3 is 4.57 Å². The Morgan fingerprint density at radius 1 is 1.32 bits per heavy atom. The Bertz CT molecular complexity index is 856. The first-order valence-electron chi connectivity index (χ1n) is 8.69. The number of benzene rings is 1. The highest BCUT2D eigenvalue weighted by atomic mass is 32.2. The zero-order valence-electron chi connectivity index (χ0n) is 14.0. The van der Waals surface area contributed by atoms with Gasteiger partial charge in [0.15, 0.2) is 0 Å². The second kappa shape index (κ2) is 6.21. The summed E-state index contributed by atoms with van der Waals surface area (Å²) in [4.78, 5) is 3.90. The Balaban J connectivity index is 1.41. The van der Waals surface area contributed by atoms with E-state index in [1.807, 2.05) is 0 Å². The third-order valence-corrected chi connectivity index (χ3v) is 7.25. The zero-order valence-corrected chi connectivity index (χ0v) is 14.8. The van der Waals surface area contributed by atoms with Gasteiger partial charge in [-0.2, -0.15) is 0 Å². The molecule has 0 amide bonds. The summed E-state index contributed by atoms with van der Waals surface area (Å²) in [5, 5.41) is 0. The number of nitrogens with zero attached hydrogens (tertiary/aromatic N) is 2. The van der Waals surface area contributed by atoms with Crippen molar-refractivity contribution in [1.29, 1.82) is 0 Å². The van der Waals surface area contributed by atoms with Crippen molar-refractivity contribution >= 4 is 10.0 Å². The van der Waals surface area contributed by atoms with Crippen LogP contribution in [0.1, 0.15) is 37.7 Å². The van der Waals surface area contributed by atoms with E-state index in [4.69, 9.17) is 0 Å². The number of imidazole rings is 1. The van der Waals surface area contributed by atoms with E-state index in [1.165, 1.54) is 12.4 Å². The highest BCUT2D eigenvalue weighted by molar-refractivity contribution is 7.89. The summed E-state index contributed by atoms with van der Waals surface area (Å²) >= 11 is 0. The number of halogens is 1. The summed E-state index contributed by atoms with van der Waals surface area (Å²) in [5.74, 6) is 0.522. The van der Waals surface area contributed by atoms with Crippen LogP contribution in [-0.2, 0) is 16.6 Å². The van der Waals surface area contributed by atoms with Crippen LogP contribution in [0.2, 0.25) is 0 Å². The third kappa shape index (κ3) is 3.48. The largest absolute Gasteiger partial charge is 0.303 e. The van der Waals surface area contributed by atoms with Crippen LogP contribution in [0.4, 0.5) is 4.39 Å². The van der Waals surface area contributed by atoms with Crippen molar-refractivity contribution in [2.45, 2.75) is 38.6 Å². The maximum atomic E-state index is 14.3. The van der Waals surface area contributed by atoms with E-state index >= 15 is 0 Å². The summed E-state index contributed by atoms with van der Waals surface area (Å²) in [7, 11) is -3.36. The molecule has 2 bridgehead atoms. The fourth-order valence-electron chi connectivity index (χ4n) is 4.43. The third-order valence-electron chi connectivity index (χ3n) is 5.67. The maximum Gasteiger partial charge on any atom is 0.212 e. The molecule has 0 saturated heterocycles. The van der Waals surface area contributed by atoms with Gasteiger partial charge in [0.25, 0.3) is 0 Å². The molecule has 2 aliphatic rings. The van der Waals surface area contributed by atoms with Crippen LogP contribution in [0.5, 0.6) is 0 Å². The number of hydrogen-bond donors (Lipinski definition) is 1. The van der Waals surface area contributed by atoms with E-state index < -0.39 is 15.8 Å². The van der Waals surface area contributed by atoms with Crippen LogP contribution >= 0.6 is 0 Å². The maximum absolute atomic E-state index is 14.3. The predicted molar refractivity (Wildman–Crippen MR) is 93.2 cm³/mol. The summed E-state index contributed by atoms with van der Waals surface area (Å²) in [5.41, 5.74) is 0.983. The van der Waals surface area contributed by atoms with Crippen LogP contribution in [-0.4, -0.2) is 23.7 Å². The van der Waals surface area contributed by atoms with Gasteiger partial charge in [-0.25, -0.2) is 22.5 Å². The summed E-state index contributed by atoms with van der Waals surface area (Å²) in [6.45, 7) is 0.114. The Morgan fingerprint density at radius 3 is 2.72 bits per heavy atom. The lowest BCUT2D eigenvalue weighted by atomic mass is 9.87. The second-order valence-corrected chi connectivity index (χ2v) is 9.29. The van der Waals surface area contributed by atoms with Gasteiger partial charge in [-0.3, -0.25) is 0 Å². The highest BCUT2D eigenvalue weighted by Crippen LogP contribution is 2.54. The van der Waals surface area contributed by atoms with E-state index in [-0.39, 0.29) is 17.7 Å². The van der Waals surface area contributed by atoms with Gasteiger partial charge in [0.1, 0.15) is 5.82 Å². The number of hydrogen-bond acceptors (Lipinski definition) is 3. The van der Waals surface area contributed by atoms with Gasteiger partial charge in [0.2, 0.25) is 10.0 Å². The molecule has 1 aromatic carbocycles. The first-order valence-corrected chi connectivity index (χ1v) is 10.3. The fraction of sp³-hybridized carbons (Fsp3) is 0.500. The molecule has 0 atom stereocenters. The molecule has 25 heavy (non-hydrogen) atoms. The first kappa shape index (κ1) is 16.7. The molecule has 0 unspecified atom stereocenters. The molecule has 2 saturated carbocycles. The topological polar surface area (TPSA) is 64.0 Å². The summed E-state index contributed by atoms with van der Waals surface area (Å²) in [6.07, 6.45) is 10.2. The number of aromatic nitrogens is 2. The number of rotatable bonds is 6. The molecule has 0 aliphatic heterocycles. The smallest absolute Gasteiger partial charge is 0.212 e. The lowest BCUT2D eigenvalue weighted by Gasteiger charge is -2.26. The molecule has 134 valence electrons. The first-order chi connectivity index (χ1) is 11.9. The predicted octanol–water partition coefficient (Wildman–Crippen LogP) is 3.01. The fourth-order valence-corrected chi connectivity index (χ4v) is 6.13. The Hall–Kier alpha value is -1.73. The van der Waals surface area contributed by atoms with Crippen LogP contribution in [0, 0.1) is 17.2 Å². The molecule has 0 spiro atoms. The van der Waals surface area contributed by atoms with Crippen molar-refractivity contribution in [2.75, 3.05) is 5.75 Å². The van der Waals surface area contributed by atoms with Crippen LogP contribution < -0.4 is 4.72 Å². The van der Waals surface area contributed by atoms with E-state index in [1.54, 1.807) is 29.1 Å². The minimum atomic E-state index is -3.36. The lowest BCUT2D eigenvalue weighted by Crippen LogP contribution is -2.34. The van der Waals surface area contributed by atoms with Gasteiger partial charge in [-0.15, -0.1) is 0 Å². The molecule has 2 fully saturated rings. The quantitative estimate of drug-likeness (QED) is 0.858. The average Bonchev–Trinajstić information content (AvgIpc) is 3.29. The van der Waals surface area contributed by atoms with Gasteiger partial charge in [0.05, 0.1) is 17.8 Å². The molecule has 2 aliphatic carbocycles. The van der Waals surface area contributed by atoms with Crippen molar-refractivity contribution < 1.29 is 12.8 Å². The number of fused-ring (bicyclic) bond motifs is 2. The molecule has 0 radical (unpaired) electrons. The molecule has 1 heterocycles. The average molecular weight is 363 g/mol. The SMILES string of the molecule is O=S(=O)(CC12CCC(CC1)C2)NCc1ccc(-n2ccnc2)c(F)c1.